The molecule has 0 unspecified atom stereocenters. The summed E-state index contributed by atoms with van der Waals surface area (Å²) in [5, 5.41) is 2.93. The van der Waals surface area contributed by atoms with Crippen molar-refractivity contribution in [3.05, 3.63) is 22.7 Å². The number of carbonyl (C=O) groups is 2. The fourth-order valence-corrected chi connectivity index (χ4v) is 2.69. The van der Waals surface area contributed by atoms with Gasteiger partial charge in [0.05, 0.1) is 31.0 Å². The molecule has 7 nitrogen and oxygen atoms in total. The molecule has 1 heterocycles. The second-order valence-corrected chi connectivity index (χ2v) is 5.88. The zero-order valence-electron chi connectivity index (χ0n) is 13.9. The number of amides is 2. The topological polar surface area (TPSA) is 77.1 Å². The smallest absolute Gasteiger partial charge is 0.341 e. The normalized spacial score (nSPS) is 16.6. The minimum Gasteiger partial charge on any atom is -0.496 e. The Morgan fingerprint density at radius 1 is 1.42 bits per heavy atom. The molecule has 1 aliphatic heterocycles. The molecule has 2 rings (SSSR count). The fraction of sp³-hybridized carbons (Fsp3) is 0.500. The van der Waals surface area contributed by atoms with Gasteiger partial charge in [0, 0.05) is 26.3 Å². The third-order valence-corrected chi connectivity index (χ3v) is 4.10. The van der Waals surface area contributed by atoms with Gasteiger partial charge in [-0.2, -0.15) is 0 Å². The number of anilines is 1. The van der Waals surface area contributed by atoms with Crippen LogP contribution in [0.25, 0.3) is 0 Å². The molecular weight excluding hydrogens is 336 g/mol. The maximum atomic E-state index is 12.3. The standard InChI is InChI=1S/C16H21ClN2O5/c1-19(9-10-5-4-6-24-10)16(21)18-13-8-14(22-2)11(7-12(13)17)15(20)23-3/h7-8,10H,4-6,9H2,1-3H3,(H,18,21)/t10-/m0/s1. The van der Waals surface area contributed by atoms with Crippen molar-refractivity contribution >= 4 is 29.3 Å². The van der Waals surface area contributed by atoms with Crippen molar-refractivity contribution in [2.75, 3.05) is 39.7 Å². The lowest BCUT2D eigenvalue weighted by Gasteiger charge is -2.22. The molecule has 0 aromatic heterocycles. The lowest BCUT2D eigenvalue weighted by atomic mass is 10.1. The quantitative estimate of drug-likeness (QED) is 0.821. The summed E-state index contributed by atoms with van der Waals surface area (Å²) in [7, 11) is 4.38. The van der Waals surface area contributed by atoms with Crippen LogP contribution in [0.5, 0.6) is 5.75 Å². The molecule has 0 bridgehead atoms. The number of urea groups is 1. The van der Waals surface area contributed by atoms with Crippen LogP contribution in [-0.2, 0) is 9.47 Å². The zero-order chi connectivity index (χ0) is 17.7. The van der Waals surface area contributed by atoms with E-state index in [9.17, 15) is 9.59 Å². The summed E-state index contributed by atoms with van der Waals surface area (Å²) in [6.45, 7) is 1.24. The summed E-state index contributed by atoms with van der Waals surface area (Å²) in [6, 6.07) is 2.58. The molecule has 1 atom stereocenters. The van der Waals surface area contributed by atoms with Gasteiger partial charge in [-0.25, -0.2) is 9.59 Å². The Kier molecular flexibility index (Phi) is 6.28. The molecule has 0 aliphatic carbocycles. The third kappa shape index (κ3) is 4.30. The Hall–Kier alpha value is -1.99. The van der Waals surface area contributed by atoms with Crippen LogP contribution in [0.1, 0.15) is 23.2 Å². The van der Waals surface area contributed by atoms with Crippen LogP contribution in [0.2, 0.25) is 5.02 Å². The molecule has 8 heteroatoms. The molecule has 1 aromatic carbocycles. The Balaban J connectivity index is 2.10. The van der Waals surface area contributed by atoms with E-state index in [4.69, 9.17) is 21.1 Å². The van der Waals surface area contributed by atoms with Crippen molar-refractivity contribution in [1.29, 1.82) is 0 Å². The highest BCUT2D eigenvalue weighted by Gasteiger charge is 2.22. The Morgan fingerprint density at radius 3 is 2.75 bits per heavy atom. The highest BCUT2D eigenvalue weighted by atomic mass is 35.5. The molecule has 0 saturated carbocycles. The van der Waals surface area contributed by atoms with Crippen LogP contribution >= 0.6 is 11.6 Å². The Bertz CT molecular complexity index is 617. The number of ether oxygens (including phenoxy) is 3. The summed E-state index contributed by atoms with van der Waals surface area (Å²) >= 11 is 6.16. The summed E-state index contributed by atoms with van der Waals surface area (Å²) in [4.78, 5) is 25.5. The van der Waals surface area contributed by atoms with Crippen molar-refractivity contribution in [3.63, 3.8) is 0 Å². The van der Waals surface area contributed by atoms with Gasteiger partial charge < -0.3 is 24.4 Å². The van der Waals surface area contributed by atoms with E-state index in [0.717, 1.165) is 19.4 Å². The second-order valence-electron chi connectivity index (χ2n) is 5.47. The lowest BCUT2D eigenvalue weighted by molar-refractivity contribution is 0.0597. The summed E-state index contributed by atoms with van der Waals surface area (Å²) in [5.74, 6) is -0.301. The fourth-order valence-electron chi connectivity index (χ4n) is 2.47. The number of benzene rings is 1. The van der Waals surface area contributed by atoms with Gasteiger partial charge in [-0.3, -0.25) is 0 Å². The molecule has 1 aliphatic rings. The van der Waals surface area contributed by atoms with Crippen molar-refractivity contribution < 1.29 is 23.8 Å². The average molecular weight is 357 g/mol. The summed E-state index contributed by atoms with van der Waals surface area (Å²) in [6.07, 6.45) is 2.02. The predicted octanol–water partition coefficient (Wildman–Crippen LogP) is 2.78. The van der Waals surface area contributed by atoms with E-state index in [1.54, 1.807) is 7.05 Å². The van der Waals surface area contributed by atoms with Gasteiger partial charge in [0.1, 0.15) is 11.3 Å². The van der Waals surface area contributed by atoms with E-state index in [1.165, 1.54) is 31.3 Å². The van der Waals surface area contributed by atoms with Gasteiger partial charge in [-0.05, 0) is 18.9 Å². The summed E-state index contributed by atoms with van der Waals surface area (Å²) < 4.78 is 15.4. The van der Waals surface area contributed by atoms with Crippen molar-refractivity contribution in [3.8, 4) is 5.75 Å². The van der Waals surface area contributed by atoms with Gasteiger partial charge >= 0.3 is 12.0 Å². The van der Waals surface area contributed by atoms with Crippen LogP contribution in [0.3, 0.4) is 0 Å². The van der Waals surface area contributed by atoms with Gasteiger partial charge in [0.2, 0.25) is 0 Å². The number of carbonyl (C=O) groups excluding carboxylic acids is 2. The van der Waals surface area contributed by atoms with E-state index in [2.05, 4.69) is 10.1 Å². The molecular formula is C16H21ClN2O5. The maximum Gasteiger partial charge on any atom is 0.341 e. The minimum absolute atomic E-state index is 0.0625. The monoisotopic (exact) mass is 356 g/mol. The molecule has 0 spiro atoms. The third-order valence-electron chi connectivity index (χ3n) is 3.78. The Labute approximate surface area is 145 Å². The number of rotatable bonds is 5. The summed E-state index contributed by atoms with van der Waals surface area (Å²) in [5.41, 5.74) is 0.543. The second kappa shape index (κ2) is 8.21. The highest BCUT2D eigenvalue weighted by molar-refractivity contribution is 6.34. The first-order valence-corrected chi connectivity index (χ1v) is 7.93. The number of hydrogen-bond acceptors (Lipinski definition) is 5. The van der Waals surface area contributed by atoms with Crippen LogP contribution in [-0.4, -0.2) is 57.4 Å². The van der Waals surface area contributed by atoms with E-state index in [-0.39, 0.29) is 28.5 Å². The highest BCUT2D eigenvalue weighted by Crippen LogP contribution is 2.31. The van der Waals surface area contributed by atoms with Crippen LogP contribution in [0.4, 0.5) is 10.5 Å². The minimum atomic E-state index is -0.567. The van der Waals surface area contributed by atoms with Gasteiger partial charge in [0.25, 0.3) is 0 Å². The van der Waals surface area contributed by atoms with Crippen molar-refractivity contribution in [2.45, 2.75) is 18.9 Å². The number of hydrogen-bond donors (Lipinski definition) is 1. The average Bonchev–Trinajstić information content (AvgIpc) is 3.08. The first kappa shape index (κ1) is 18.4. The number of methoxy groups -OCH3 is 2. The zero-order valence-corrected chi connectivity index (χ0v) is 14.7. The predicted molar refractivity (Wildman–Crippen MR) is 90.0 cm³/mol. The number of nitrogens with one attached hydrogen (secondary N) is 1. The van der Waals surface area contributed by atoms with Crippen LogP contribution in [0.15, 0.2) is 12.1 Å². The lowest BCUT2D eigenvalue weighted by Crippen LogP contribution is -2.37. The van der Waals surface area contributed by atoms with Crippen LogP contribution < -0.4 is 10.1 Å². The molecule has 2 amide bonds. The molecule has 1 fully saturated rings. The first-order valence-electron chi connectivity index (χ1n) is 7.55. The maximum absolute atomic E-state index is 12.3. The molecule has 24 heavy (non-hydrogen) atoms. The van der Waals surface area contributed by atoms with Gasteiger partial charge in [0.15, 0.2) is 0 Å². The van der Waals surface area contributed by atoms with Crippen molar-refractivity contribution in [1.82, 2.24) is 4.90 Å². The number of esters is 1. The number of likely N-dealkylation sites (N-methyl/N-ethyl adjacent to an activating group) is 1. The van der Waals surface area contributed by atoms with E-state index in [0.29, 0.717) is 12.2 Å². The van der Waals surface area contributed by atoms with E-state index < -0.39 is 5.97 Å². The largest absolute Gasteiger partial charge is 0.496 e. The van der Waals surface area contributed by atoms with E-state index >= 15 is 0 Å². The van der Waals surface area contributed by atoms with E-state index in [1.807, 2.05) is 0 Å². The first-order chi connectivity index (χ1) is 11.5. The van der Waals surface area contributed by atoms with Gasteiger partial charge in [-0.1, -0.05) is 11.6 Å². The van der Waals surface area contributed by atoms with Crippen LogP contribution in [0, 0.1) is 0 Å². The number of halogens is 1. The Morgan fingerprint density at radius 2 is 2.17 bits per heavy atom. The number of nitrogens with zero attached hydrogens (tertiary/aromatic N) is 1. The molecule has 132 valence electrons. The molecule has 1 saturated heterocycles. The molecule has 1 aromatic rings. The molecule has 1 N–H and O–H groups in total. The molecule has 0 radical (unpaired) electrons. The van der Waals surface area contributed by atoms with Gasteiger partial charge in [-0.15, -0.1) is 0 Å². The SMILES string of the molecule is COC(=O)c1cc(Cl)c(NC(=O)N(C)C[C@@H]2CCCO2)cc1OC. The van der Waals surface area contributed by atoms with Crippen molar-refractivity contribution in [2.24, 2.45) is 0 Å².